The highest BCUT2D eigenvalue weighted by Gasteiger charge is 2.25. The molecule has 130 valence electrons. The van der Waals surface area contributed by atoms with Gasteiger partial charge in [-0.3, -0.25) is 0 Å². The van der Waals surface area contributed by atoms with E-state index in [2.05, 4.69) is 18.3 Å². The van der Waals surface area contributed by atoms with Crippen molar-refractivity contribution in [3.05, 3.63) is 29.3 Å². The zero-order valence-electron chi connectivity index (χ0n) is 14.0. The van der Waals surface area contributed by atoms with Crippen LogP contribution in [0.15, 0.2) is 18.2 Å². The summed E-state index contributed by atoms with van der Waals surface area (Å²) in [7, 11) is -3.14. The normalized spacial score (nSPS) is 19.7. The topological polar surface area (TPSA) is 67.9 Å². The van der Waals surface area contributed by atoms with Crippen molar-refractivity contribution in [1.29, 1.82) is 0 Å². The summed E-state index contributed by atoms with van der Waals surface area (Å²) in [6.07, 6.45) is 1.13. The smallest absolute Gasteiger partial charge is 0.211 e. The lowest BCUT2D eigenvalue weighted by atomic mass is 10.1. The molecule has 1 fully saturated rings. The molecule has 6 nitrogen and oxygen atoms in total. The first-order valence-electron chi connectivity index (χ1n) is 7.84. The molecule has 0 aliphatic carbocycles. The first-order valence-corrected chi connectivity index (χ1v) is 9.69. The maximum Gasteiger partial charge on any atom is 0.211 e. The van der Waals surface area contributed by atoms with Crippen molar-refractivity contribution in [2.24, 2.45) is 0 Å². The maximum atomic E-state index is 11.6. The van der Waals surface area contributed by atoms with E-state index in [4.69, 9.17) is 9.47 Å². The predicted octanol–water partition coefficient (Wildman–Crippen LogP) is 0.932. The molecule has 1 aromatic rings. The Hall–Kier alpha value is -1.15. The molecule has 2 rings (SSSR count). The van der Waals surface area contributed by atoms with Crippen molar-refractivity contribution in [2.75, 3.05) is 45.6 Å². The van der Waals surface area contributed by atoms with Gasteiger partial charge >= 0.3 is 0 Å². The van der Waals surface area contributed by atoms with Crippen molar-refractivity contribution in [3.63, 3.8) is 0 Å². The molecule has 1 heterocycles. The van der Waals surface area contributed by atoms with Gasteiger partial charge in [0.1, 0.15) is 12.4 Å². The van der Waals surface area contributed by atoms with Gasteiger partial charge in [0, 0.05) is 26.2 Å². The number of hydrogen-bond donors (Lipinski definition) is 1. The van der Waals surface area contributed by atoms with E-state index in [1.165, 1.54) is 16.1 Å². The van der Waals surface area contributed by atoms with Gasteiger partial charge in [0.2, 0.25) is 10.0 Å². The molecule has 1 atom stereocenters. The molecule has 1 aliphatic heterocycles. The number of benzene rings is 1. The number of nitrogens with zero attached hydrogens (tertiary/aromatic N) is 1. The Labute approximate surface area is 138 Å². The van der Waals surface area contributed by atoms with E-state index in [9.17, 15) is 8.42 Å². The first kappa shape index (κ1) is 18.2. The first-order chi connectivity index (χ1) is 10.9. The van der Waals surface area contributed by atoms with Gasteiger partial charge in [-0.2, -0.15) is 4.31 Å². The van der Waals surface area contributed by atoms with Crippen molar-refractivity contribution in [3.8, 4) is 5.75 Å². The zero-order valence-corrected chi connectivity index (χ0v) is 14.9. The van der Waals surface area contributed by atoms with E-state index in [1.54, 1.807) is 0 Å². The zero-order chi connectivity index (χ0) is 16.9. The second-order valence-corrected chi connectivity index (χ2v) is 7.85. The Morgan fingerprint density at radius 1 is 1.39 bits per heavy atom. The molecule has 1 saturated heterocycles. The molecule has 0 bridgehead atoms. The SMILES string of the molecule is Cc1cccc(OCCNC[C@H]2CN(S(C)(=O)=O)CCO2)c1C. The quantitative estimate of drug-likeness (QED) is 0.747. The number of hydrogen-bond acceptors (Lipinski definition) is 5. The minimum atomic E-state index is -3.14. The fourth-order valence-electron chi connectivity index (χ4n) is 2.49. The van der Waals surface area contributed by atoms with Gasteiger partial charge in [0.15, 0.2) is 0 Å². The summed E-state index contributed by atoms with van der Waals surface area (Å²) in [5.74, 6) is 0.906. The molecule has 0 unspecified atom stereocenters. The molecule has 0 saturated carbocycles. The minimum absolute atomic E-state index is 0.112. The third kappa shape index (κ3) is 5.46. The van der Waals surface area contributed by atoms with Crippen LogP contribution in [-0.4, -0.2) is 64.5 Å². The molecular formula is C16H26N2O4S. The highest BCUT2D eigenvalue weighted by molar-refractivity contribution is 7.88. The molecule has 23 heavy (non-hydrogen) atoms. The number of nitrogens with one attached hydrogen (secondary N) is 1. The summed E-state index contributed by atoms with van der Waals surface area (Å²) in [6, 6.07) is 6.02. The highest BCUT2D eigenvalue weighted by atomic mass is 32.2. The van der Waals surface area contributed by atoms with Crippen LogP contribution in [0.25, 0.3) is 0 Å². The summed E-state index contributed by atoms with van der Waals surface area (Å²) in [4.78, 5) is 0. The van der Waals surface area contributed by atoms with Gasteiger partial charge in [-0.05, 0) is 31.0 Å². The van der Waals surface area contributed by atoms with E-state index in [-0.39, 0.29) is 6.10 Å². The lowest BCUT2D eigenvalue weighted by molar-refractivity contribution is -0.000163. The molecule has 0 amide bonds. The minimum Gasteiger partial charge on any atom is -0.492 e. The van der Waals surface area contributed by atoms with Crippen LogP contribution in [0.1, 0.15) is 11.1 Å². The van der Waals surface area contributed by atoms with Crippen LogP contribution in [0.3, 0.4) is 0 Å². The van der Waals surface area contributed by atoms with E-state index in [0.717, 1.165) is 11.3 Å². The van der Waals surface area contributed by atoms with Crippen LogP contribution < -0.4 is 10.1 Å². The van der Waals surface area contributed by atoms with Crippen LogP contribution >= 0.6 is 0 Å². The van der Waals surface area contributed by atoms with Crippen molar-refractivity contribution < 1.29 is 17.9 Å². The largest absolute Gasteiger partial charge is 0.492 e. The van der Waals surface area contributed by atoms with Crippen LogP contribution in [0, 0.1) is 13.8 Å². The van der Waals surface area contributed by atoms with Crippen molar-refractivity contribution >= 4 is 10.0 Å². The summed E-state index contributed by atoms with van der Waals surface area (Å²) < 4.78 is 35.9. The summed E-state index contributed by atoms with van der Waals surface area (Å²) in [6.45, 7) is 7.26. The van der Waals surface area contributed by atoms with Crippen LogP contribution in [-0.2, 0) is 14.8 Å². The van der Waals surface area contributed by atoms with Crippen LogP contribution in [0.4, 0.5) is 0 Å². The molecule has 1 N–H and O–H groups in total. The third-order valence-electron chi connectivity index (χ3n) is 4.03. The van der Waals surface area contributed by atoms with Gasteiger partial charge in [-0.15, -0.1) is 0 Å². The second kappa shape index (κ2) is 8.10. The van der Waals surface area contributed by atoms with Gasteiger partial charge in [0.05, 0.1) is 19.0 Å². The Morgan fingerprint density at radius 2 is 2.17 bits per heavy atom. The Morgan fingerprint density at radius 3 is 2.91 bits per heavy atom. The summed E-state index contributed by atoms with van der Waals surface area (Å²) in [5.41, 5.74) is 2.37. The number of morpholine rings is 1. The Balaban J connectivity index is 1.68. The molecule has 0 aromatic heterocycles. The van der Waals surface area contributed by atoms with Gasteiger partial charge in [-0.1, -0.05) is 12.1 Å². The van der Waals surface area contributed by atoms with E-state index < -0.39 is 10.0 Å². The lowest BCUT2D eigenvalue weighted by Gasteiger charge is -2.31. The summed E-state index contributed by atoms with van der Waals surface area (Å²) >= 11 is 0. The van der Waals surface area contributed by atoms with Crippen LogP contribution in [0.5, 0.6) is 5.75 Å². The number of rotatable bonds is 7. The maximum absolute atomic E-state index is 11.6. The average Bonchev–Trinajstić information content (AvgIpc) is 2.50. The fraction of sp³-hybridized carbons (Fsp3) is 0.625. The van der Waals surface area contributed by atoms with Crippen molar-refractivity contribution in [2.45, 2.75) is 20.0 Å². The summed E-state index contributed by atoms with van der Waals surface area (Å²) in [5, 5.41) is 3.26. The third-order valence-corrected chi connectivity index (χ3v) is 5.30. The van der Waals surface area contributed by atoms with E-state index >= 15 is 0 Å². The van der Waals surface area contributed by atoms with E-state index in [0.29, 0.717) is 39.4 Å². The molecule has 1 aromatic carbocycles. The Kier molecular flexibility index (Phi) is 6.41. The standard InChI is InChI=1S/C16H26N2O4S/c1-13-5-4-6-16(14(13)2)22-9-7-17-11-15-12-18(8-10-21-15)23(3,19)20/h4-6,15,17H,7-12H2,1-3H3/t15-/m0/s1. The average molecular weight is 342 g/mol. The van der Waals surface area contributed by atoms with E-state index in [1.807, 2.05) is 19.1 Å². The second-order valence-electron chi connectivity index (χ2n) is 5.86. The molecular weight excluding hydrogens is 316 g/mol. The van der Waals surface area contributed by atoms with Gasteiger partial charge in [-0.25, -0.2) is 8.42 Å². The molecule has 7 heteroatoms. The lowest BCUT2D eigenvalue weighted by Crippen LogP contribution is -2.48. The number of sulfonamides is 1. The number of ether oxygens (including phenoxy) is 2. The number of aryl methyl sites for hydroxylation is 1. The van der Waals surface area contributed by atoms with Gasteiger partial charge in [0.25, 0.3) is 0 Å². The molecule has 0 spiro atoms. The predicted molar refractivity (Wildman–Crippen MR) is 90.4 cm³/mol. The van der Waals surface area contributed by atoms with Crippen LogP contribution in [0.2, 0.25) is 0 Å². The fourth-order valence-corrected chi connectivity index (χ4v) is 3.34. The molecule has 1 aliphatic rings. The van der Waals surface area contributed by atoms with Gasteiger partial charge < -0.3 is 14.8 Å². The monoisotopic (exact) mass is 342 g/mol. The van der Waals surface area contributed by atoms with Crippen molar-refractivity contribution in [1.82, 2.24) is 9.62 Å². The highest BCUT2D eigenvalue weighted by Crippen LogP contribution is 2.20. The molecule has 0 radical (unpaired) electrons. The Bertz CT molecular complexity index is 619.